The van der Waals surface area contributed by atoms with Crippen molar-refractivity contribution in [3.8, 4) is 0 Å². The number of ether oxygens (including phenoxy) is 3. The van der Waals surface area contributed by atoms with Crippen LogP contribution in [0.15, 0.2) is 30.3 Å². The van der Waals surface area contributed by atoms with Crippen LogP contribution in [0.25, 0.3) is 0 Å². The van der Waals surface area contributed by atoms with Gasteiger partial charge in [0.25, 0.3) is 0 Å². The molecule has 6 fully saturated rings. The lowest BCUT2D eigenvalue weighted by Crippen LogP contribution is -2.55. The molecule has 0 unspecified atom stereocenters. The molecule has 1 aromatic rings. The van der Waals surface area contributed by atoms with E-state index in [1.54, 1.807) is 0 Å². The molecule has 0 bridgehead atoms. The first-order chi connectivity index (χ1) is 18.2. The molecular formula is C34H48O4. The Labute approximate surface area is 229 Å². The van der Waals surface area contributed by atoms with Gasteiger partial charge < -0.3 is 14.2 Å². The Morgan fingerprint density at radius 1 is 0.895 bits per heavy atom. The van der Waals surface area contributed by atoms with E-state index < -0.39 is 0 Å². The second-order valence-electron chi connectivity index (χ2n) is 14.8. The summed E-state index contributed by atoms with van der Waals surface area (Å²) in [5.41, 5.74) is 1.44. The summed E-state index contributed by atoms with van der Waals surface area (Å²) in [6.07, 6.45) is 12.6. The van der Waals surface area contributed by atoms with Gasteiger partial charge in [0.05, 0.1) is 18.3 Å². The van der Waals surface area contributed by atoms with E-state index in [-0.39, 0.29) is 17.9 Å². The fraction of sp³-hybridized carbons (Fsp3) is 0.794. The molecule has 4 aliphatic carbocycles. The van der Waals surface area contributed by atoms with Gasteiger partial charge in [-0.2, -0.15) is 0 Å². The average molecular weight is 521 g/mol. The maximum absolute atomic E-state index is 12.7. The molecule has 4 saturated carbocycles. The summed E-state index contributed by atoms with van der Waals surface area (Å²) < 4.78 is 19.5. The van der Waals surface area contributed by atoms with Crippen molar-refractivity contribution in [2.45, 2.75) is 110 Å². The van der Waals surface area contributed by atoms with Crippen molar-refractivity contribution < 1.29 is 19.0 Å². The van der Waals surface area contributed by atoms with Crippen LogP contribution < -0.4 is 0 Å². The van der Waals surface area contributed by atoms with Gasteiger partial charge in [0, 0.05) is 12.3 Å². The maximum Gasteiger partial charge on any atom is 0.338 e. The van der Waals surface area contributed by atoms with Crippen molar-refractivity contribution in [3.63, 3.8) is 0 Å². The molecule has 2 heterocycles. The summed E-state index contributed by atoms with van der Waals surface area (Å²) in [5, 5.41) is 0. The fourth-order valence-corrected chi connectivity index (χ4v) is 11.1. The monoisotopic (exact) mass is 520 g/mol. The Morgan fingerprint density at radius 2 is 1.68 bits per heavy atom. The van der Waals surface area contributed by atoms with Crippen molar-refractivity contribution in [3.05, 3.63) is 35.9 Å². The normalized spacial score (nSPS) is 51.5. The molecule has 1 spiro atoms. The molecule has 12 atom stereocenters. The van der Waals surface area contributed by atoms with Crippen LogP contribution in [0.1, 0.15) is 102 Å². The summed E-state index contributed by atoms with van der Waals surface area (Å²) in [6, 6.07) is 9.51. The average Bonchev–Trinajstić information content (AvgIpc) is 3.36. The van der Waals surface area contributed by atoms with Crippen LogP contribution in [-0.4, -0.2) is 30.6 Å². The predicted molar refractivity (Wildman–Crippen MR) is 147 cm³/mol. The Bertz CT molecular complexity index is 1050. The van der Waals surface area contributed by atoms with Crippen LogP contribution in [0, 0.1) is 52.3 Å². The van der Waals surface area contributed by atoms with E-state index in [1.807, 2.05) is 30.3 Å². The molecule has 1 aromatic carbocycles. The summed E-state index contributed by atoms with van der Waals surface area (Å²) in [6.45, 7) is 10.9. The molecule has 0 aromatic heterocycles. The first-order valence-corrected chi connectivity index (χ1v) is 15.8. The third-order valence-corrected chi connectivity index (χ3v) is 13.2. The zero-order valence-corrected chi connectivity index (χ0v) is 24.0. The number of hydrogen-bond donors (Lipinski definition) is 0. The zero-order chi connectivity index (χ0) is 26.3. The highest BCUT2D eigenvalue weighted by atomic mass is 16.7. The quantitative estimate of drug-likeness (QED) is 0.376. The number of carbonyl (C=O) groups is 1. The van der Waals surface area contributed by atoms with Crippen LogP contribution in [-0.2, 0) is 14.2 Å². The Morgan fingerprint density at radius 3 is 2.45 bits per heavy atom. The summed E-state index contributed by atoms with van der Waals surface area (Å²) in [7, 11) is 0. The van der Waals surface area contributed by atoms with Crippen LogP contribution in [0.5, 0.6) is 0 Å². The smallest absolute Gasteiger partial charge is 0.338 e. The van der Waals surface area contributed by atoms with E-state index in [2.05, 4.69) is 27.7 Å². The van der Waals surface area contributed by atoms with Crippen molar-refractivity contribution in [1.29, 1.82) is 0 Å². The lowest BCUT2D eigenvalue weighted by atomic mass is 9.44. The maximum atomic E-state index is 12.7. The third-order valence-electron chi connectivity index (χ3n) is 13.2. The lowest BCUT2D eigenvalue weighted by Gasteiger charge is -2.61. The topological polar surface area (TPSA) is 44.8 Å². The van der Waals surface area contributed by atoms with Gasteiger partial charge in [-0.25, -0.2) is 4.79 Å². The Kier molecular flexibility index (Phi) is 6.10. The van der Waals surface area contributed by atoms with Crippen molar-refractivity contribution >= 4 is 5.97 Å². The molecule has 6 aliphatic rings. The molecule has 4 heteroatoms. The van der Waals surface area contributed by atoms with Crippen LogP contribution in [0.4, 0.5) is 0 Å². The highest BCUT2D eigenvalue weighted by Gasteiger charge is 2.69. The van der Waals surface area contributed by atoms with Gasteiger partial charge >= 0.3 is 5.97 Å². The largest absolute Gasteiger partial charge is 0.459 e. The molecule has 4 nitrogen and oxygen atoms in total. The minimum Gasteiger partial charge on any atom is -0.459 e. The number of benzene rings is 1. The van der Waals surface area contributed by atoms with Crippen molar-refractivity contribution in [2.24, 2.45) is 52.3 Å². The van der Waals surface area contributed by atoms with Gasteiger partial charge in [0.2, 0.25) is 0 Å². The molecule has 0 N–H and O–H groups in total. The molecule has 0 amide bonds. The molecule has 38 heavy (non-hydrogen) atoms. The molecule has 0 radical (unpaired) electrons. The first kappa shape index (κ1) is 25.6. The van der Waals surface area contributed by atoms with Gasteiger partial charge in [0.1, 0.15) is 6.10 Å². The zero-order valence-electron chi connectivity index (χ0n) is 24.0. The second kappa shape index (κ2) is 9.06. The predicted octanol–water partition coefficient (Wildman–Crippen LogP) is 7.66. The van der Waals surface area contributed by atoms with E-state index in [0.29, 0.717) is 46.2 Å². The number of rotatable bonds is 2. The summed E-state index contributed by atoms with van der Waals surface area (Å²) >= 11 is 0. The number of esters is 1. The van der Waals surface area contributed by atoms with Gasteiger partial charge in [-0.05, 0) is 116 Å². The van der Waals surface area contributed by atoms with E-state index in [1.165, 1.54) is 44.9 Å². The Hall–Kier alpha value is -1.39. The standard InChI is InChI=1S/C34H48O4/c1-21-12-17-34(36-20-21)22(2)30-29(38-34)19-28-26-11-10-24-18-25(37-31(35)23-8-6-5-7-9-23)13-15-32(24,3)27(26)14-16-33(28,30)4/h5-9,21-22,24-30H,10-20H2,1-4H3/t21-,22+,24-,25-,26-,27-,28-,29+,30-,32+,33+,34+/m1/s1. The second-order valence-corrected chi connectivity index (χ2v) is 14.8. The van der Waals surface area contributed by atoms with E-state index in [9.17, 15) is 4.79 Å². The minimum atomic E-state index is -0.314. The van der Waals surface area contributed by atoms with Gasteiger partial charge in [-0.15, -0.1) is 0 Å². The van der Waals surface area contributed by atoms with E-state index >= 15 is 0 Å². The van der Waals surface area contributed by atoms with Gasteiger partial charge in [-0.3, -0.25) is 0 Å². The number of fused-ring (bicyclic) bond motifs is 7. The Balaban J connectivity index is 1.05. The number of hydrogen-bond acceptors (Lipinski definition) is 4. The minimum absolute atomic E-state index is 0.0701. The summed E-state index contributed by atoms with van der Waals surface area (Å²) in [4.78, 5) is 12.7. The number of carbonyl (C=O) groups excluding carboxylic acids is 1. The highest BCUT2D eigenvalue weighted by molar-refractivity contribution is 5.89. The lowest BCUT2D eigenvalue weighted by molar-refractivity contribution is -0.273. The highest BCUT2D eigenvalue weighted by Crippen LogP contribution is 2.71. The van der Waals surface area contributed by atoms with Gasteiger partial charge in [-0.1, -0.05) is 45.9 Å². The fourth-order valence-electron chi connectivity index (χ4n) is 11.1. The summed E-state index contributed by atoms with van der Waals surface area (Å²) in [5.74, 6) is 4.41. The van der Waals surface area contributed by atoms with Crippen LogP contribution in [0.3, 0.4) is 0 Å². The molecule has 2 saturated heterocycles. The first-order valence-electron chi connectivity index (χ1n) is 15.8. The van der Waals surface area contributed by atoms with Crippen molar-refractivity contribution in [1.82, 2.24) is 0 Å². The van der Waals surface area contributed by atoms with Crippen molar-refractivity contribution in [2.75, 3.05) is 6.61 Å². The molecule has 208 valence electrons. The SMILES string of the molecule is C[C@@H]1CC[C@]2(OC1)O[C@H]1C[C@@H]3[C@@H]4CC[C@@H]5C[C@H](OC(=O)c6ccccc6)CC[C@]5(C)[C@@H]4CC[C@]3(C)[C@@H]1[C@@H]2C. The molecule has 7 rings (SSSR count). The van der Waals surface area contributed by atoms with Crippen LogP contribution in [0.2, 0.25) is 0 Å². The molecule has 2 aliphatic heterocycles. The third kappa shape index (κ3) is 3.71. The van der Waals surface area contributed by atoms with E-state index in [4.69, 9.17) is 14.2 Å². The molecular weight excluding hydrogens is 472 g/mol. The van der Waals surface area contributed by atoms with Gasteiger partial charge in [0.15, 0.2) is 5.79 Å². The van der Waals surface area contributed by atoms with Crippen LogP contribution >= 0.6 is 0 Å². The van der Waals surface area contributed by atoms with E-state index in [0.717, 1.165) is 43.6 Å².